The lowest BCUT2D eigenvalue weighted by Gasteiger charge is -2.14. The lowest BCUT2D eigenvalue weighted by atomic mass is 9.99. The zero-order valence-corrected chi connectivity index (χ0v) is 14.7. The number of rotatable bonds is 7. The van der Waals surface area contributed by atoms with E-state index in [2.05, 4.69) is 6.58 Å². The number of halogens is 1. The summed E-state index contributed by atoms with van der Waals surface area (Å²) in [6.45, 7) is 6.93. The van der Waals surface area contributed by atoms with Crippen LogP contribution < -0.4 is 9.47 Å². The Balaban J connectivity index is 3.37. The molecule has 0 aliphatic carbocycles. The van der Waals surface area contributed by atoms with E-state index >= 15 is 0 Å². The number of carbonyl (C=O) groups excluding carboxylic acids is 1. The molecule has 0 heterocycles. The maximum absolute atomic E-state index is 14.4. The van der Waals surface area contributed by atoms with Gasteiger partial charge in [0.05, 0.1) is 21.3 Å². The fraction of sp³-hybridized carbons (Fsp3) is 0.316. The van der Waals surface area contributed by atoms with Crippen LogP contribution in [0.4, 0.5) is 4.39 Å². The molecule has 0 atom stereocenters. The van der Waals surface area contributed by atoms with Crippen molar-refractivity contribution in [2.45, 2.75) is 20.3 Å². The van der Waals surface area contributed by atoms with Crippen LogP contribution in [-0.2, 0) is 11.2 Å². The van der Waals surface area contributed by atoms with E-state index in [0.29, 0.717) is 28.2 Å². The van der Waals surface area contributed by atoms with Crippen molar-refractivity contribution in [1.82, 2.24) is 0 Å². The SMILES string of the molecule is C=C/C=C(C)\C(F)=C(/C)Cc1cc(C(=O)OC)c(OC)cc1OC. The van der Waals surface area contributed by atoms with Gasteiger partial charge in [-0.15, -0.1) is 0 Å². The topological polar surface area (TPSA) is 44.8 Å². The van der Waals surface area contributed by atoms with Crippen molar-refractivity contribution in [2.75, 3.05) is 21.3 Å². The molecule has 0 aromatic heterocycles. The highest BCUT2D eigenvalue weighted by molar-refractivity contribution is 5.93. The summed E-state index contributed by atoms with van der Waals surface area (Å²) >= 11 is 0. The smallest absolute Gasteiger partial charge is 0.341 e. The molecule has 5 heteroatoms. The van der Waals surface area contributed by atoms with Gasteiger partial charge in [0.15, 0.2) is 0 Å². The van der Waals surface area contributed by atoms with Gasteiger partial charge >= 0.3 is 5.97 Å². The van der Waals surface area contributed by atoms with Gasteiger partial charge in [-0.3, -0.25) is 0 Å². The second-order valence-corrected chi connectivity index (χ2v) is 5.21. The Morgan fingerprint density at radius 1 is 1.17 bits per heavy atom. The summed E-state index contributed by atoms with van der Waals surface area (Å²) in [5.41, 5.74) is 1.94. The van der Waals surface area contributed by atoms with Crippen molar-refractivity contribution >= 4 is 5.97 Å². The van der Waals surface area contributed by atoms with Crippen LogP contribution in [0, 0.1) is 0 Å². The monoisotopic (exact) mass is 334 g/mol. The van der Waals surface area contributed by atoms with Crippen molar-refractivity contribution in [3.05, 3.63) is 59.0 Å². The van der Waals surface area contributed by atoms with Gasteiger partial charge in [-0.1, -0.05) is 18.7 Å². The van der Waals surface area contributed by atoms with Crippen molar-refractivity contribution in [1.29, 1.82) is 0 Å². The van der Waals surface area contributed by atoms with Crippen LogP contribution in [0.5, 0.6) is 11.5 Å². The lowest BCUT2D eigenvalue weighted by molar-refractivity contribution is 0.0597. The van der Waals surface area contributed by atoms with Crippen LogP contribution in [0.1, 0.15) is 29.8 Å². The molecule has 1 rings (SSSR count). The van der Waals surface area contributed by atoms with E-state index in [1.165, 1.54) is 27.4 Å². The fourth-order valence-corrected chi connectivity index (χ4v) is 2.32. The maximum atomic E-state index is 14.4. The molecule has 0 amide bonds. The maximum Gasteiger partial charge on any atom is 0.341 e. The van der Waals surface area contributed by atoms with E-state index in [9.17, 15) is 9.18 Å². The molecule has 24 heavy (non-hydrogen) atoms. The highest BCUT2D eigenvalue weighted by Crippen LogP contribution is 2.32. The predicted molar refractivity (Wildman–Crippen MR) is 92.4 cm³/mol. The largest absolute Gasteiger partial charge is 0.496 e. The Kier molecular flexibility index (Phi) is 7.24. The molecular formula is C19H23FO4. The van der Waals surface area contributed by atoms with E-state index in [1.807, 2.05) is 0 Å². The molecule has 0 fully saturated rings. The van der Waals surface area contributed by atoms with E-state index in [-0.39, 0.29) is 17.8 Å². The average molecular weight is 334 g/mol. The Hall–Kier alpha value is -2.56. The van der Waals surface area contributed by atoms with Gasteiger partial charge in [0.25, 0.3) is 0 Å². The fourth-order valence-electron chi connectivity index (χ4n) is 2.32. The molecule has 0 spiro atoms. The molecule has 0 saturated carbocycles. The Labute approximate surface area is 142 Å². The molecule has 130 valence electrons. The third-order valence-electron chi connectivity index (χ3n) is 3.55. The molecule has 1 aromatic carbocycles. The number of benzene rings is 1. The standard InChI is InChI=1S/C19H23FO4/c1-7-8-12(2)18(20)13(3)9-14-10-15(19(21)24-6)17(23-5)11-16(14)22-4/h7-8,10-11H,1,9H2,2-6H3/b12-8-,18-13-. The molecule has 0 aliphatic heterocycles. The quantitative estimate of drug-likeness (QED) is 0.547. The van der Waals surface area contributed by atoms with E-state index < -0.39 is 5.97 Å². The van der Waals surface area contributed by atoms with Crippen molar-refractivity contribution < 1.29 is 23.4 Å². The number of hydrogen-bond acceptors (Lipinski definition) is 4. The molecule has 0 unspecified atom stereocenters. The van der Waals surface area contributed by atoms with Crippen LogP contribution in [-0.4, -0.2) is 27.3 Å². The second kappa shape index (κ2) is 8.91. The van der Waals surface area contributed by atoms with Gasteiger partial charge in [0, 0.05) is 6.07 Å². The number of esters is 1. The van der Waals surface area contributed by atoms with E-state index in [1.54, 1.807) is 32.1 Å². The Bertz CT molecular complexity index is 687. The lowest BCUT2D eigenvalue weighted by Crippen LogP contribution is -2.07. The van der Waals surface area contributed by atoms with Crippen molar-refractivity contribution in [3.8, 4) is 11.5 Å². The first-order valence-corrected chi connectivity index (χ1v) is 7.37. The van der Waals surface area contributed by atoms with E-state index in [0.717, 1.165) is 0 Å². The van der Waals surface area contributed by atoms with Crippen LogP contribution in [0.15, 0.2) is 47.8 Å². The predicted octanol–water partition coefficient (Wildman–Crippen LogP) is 4.41. The van der Waals surface area contributed by atoms with Crippen LogP contribution in [0.3, 0.4) is 0 Å². The van der Waals surface area contributed by atoms with Crippen LogP contribution in [0.25, 0.3) is 0 Å². The number of methoxy groups -OCH3 is 3. The Morgan fingerprint density at radius 3 is 2.29 bits per heavy atom. The van der Waals surface area contributed by atoms with Gasteiger partial charge in [-0.05, 0) is 43.0 Å². The van der Waals surface area contributed by atoms with Crippen LogP contribution >= 0.6 is 0 Å². The molecule has 4 nitrogen and oxygen atoms in total. The third-order valence-corrected chi connectivity index (χ3v) is 3.55. The molecule has 0 bridgehead atoms. The summed E-state index contributed by atoms with van der Waals surface area (Å²) in [5, 5.41) is 0. The Morgan fingerprint density at radius 2 is 1.79 bits per heavy atom. The molecular weight excluding hydrogens is 311 g/mol. The van der Waals surface area contributed by atoms with Crippen molar-refractivity contribution in [3.63, 3.8) is 0 Å². The van der Waals surface area contributed by atoms with Gasteiger partial charge in [0.1, 0.15) is 22.9 Å². The van der Waals surface area contributed by atoms with Gasteiger partial charge < -0.3 is 14.2 Å². The molecule has 0 N–H and O–H groups in total. The highest BCUT2D eigenvalue weighted by Gasteiger charge is 2.18. The summed E-state index contributed by atoms with van der Waals surface area (Å²) < 4.78 is 29.7. The number of carbonyl (C=O) groups is 1. The minimum atomic E-state index is -0.527. The van der Waals surface area contributed by atoms with E-state index in [4.69, 9.17) is 14.2 Å². The first kappa shape index (κ1) is 19.5. The molecule has 1 aromatic rings. The number of hydrogen-bond donors (Lipinski definition) is 0. The summed E-state index contributed by atoms with van der Waals surface area (Å²) in [6, 6.07) is 3.20. The third kappa shape index (κ3) is 4.47. The summed E-state index contributed by atoms with van der Waals surface area (Å²) in [7, 11) is 4.25. The normalized spacial score (nSPS) is 12.3. The molecule has 0 aliphatic rings. The number of allylic oxidation sites excluding steroid dienone is 5. The molecule has 0 saturated heterocycles. The zero-order chi connectivity index (χ0) is 18.3. The minimum Gasteiger partial charge on any atom is -0.496 e. The minimum absolute atomic E-state index is 0.266. The highest BCUT2D eigenvalue weighted by atomic mass is 19.1. The summed E-state index contributed by atoms with van der Waals surface area (Å²) in [5.74, 6) is 0.0114. The first-order valence-electron chi connectivity index (χ1n) is 7.37. The summed E-state index contributed by atoms with van der Waals surface area (Å²) in [4.78, 5) is 11.9. The van der Waals surface area contributed by atoms with Crippen LogP contribution in [0.2, 0.25) is 0 Å². The zero-order valence-electron chi connectivity index (χ0n) is 14.7. The van der Waals surface area contributed by atoms with Gasteiger partial charge in [0.2, 0.25) is 0 Å². The second-order valence-electron chi connectivity index (χ2n) is 5.21. The summed E-state index contributed by atoms with van der Waals surface area (Å²) in [6.07, 6.45) is 3.42. The van der Waals surface area contributed by atoms with Gasteiger partial charge in [-0.25, -0.2) is 9.18 Å². The van der Waals surface area contributed by atoms with Crippen molar-refractivity contribution in [2.24, 2.45) is 0 Å². The van der Waals surface area contributed by atoms with Gasteiger partial charge in [-0.2, -0.15) is 0 Å². The number of ether oxygens (including phenoxy) is 3. The first-order chi connectivity index (χ1) is 11.4. The molecule has 0 radical (unpaired) electrons. The average Bonchev–Trinajstić information content (AvgIpc) is 2.59.